The third kappa shape index (κ3) is 6.61. The number of ether oxygens (including phenoxy) is 2. The van der Waals surface area contributed by atoms with E-state index in [1.165, 1.54) is 23.1 Å². The number of carbonyl (C=O) groups is 3. The minimum absolute atomic E-state index is 0.0833. The summed E-state index contributed by atoms with van der Waals surface area (Å²) in [6, 6.07) is 2.93. The number of alkyl halides is 2. The number of hydrogen-bond acceptors (Lipinski definition) is 6. The Hall–Kier alpha value is -2.79. The van der Waals surface area contributed by atoms with E-state index in [-0.39, 0.29) is 48.3 Å². The maximum absolute atomic E-state index is 13.1. The molecular weight excluding hydrogens is 438 g/mol. The topological polar surface area (TPSA) is 114 Å². The summed E-state index contributed by atoms with van der Waals surface area (Å²) in [5.74, 6) is -2.12. The zero-order chi connectivity index (χ0) is 24.3. The van der Waals surface area contributed by atoms with Crippen LogP contribution < -0.4 is 20.7 Å². The van der Waals surface area contributed by atoms with Gasteiger partial charge in [-0.05, 0) is 30.4 Å². The Kier molecular flexibility index (Phi) is 7.53. The molecule has 3 rings (SSSR count). The van der Waals surface area contributed by atoms with Crippen molar-refractivity contribution in [1.82, 2.24) is 4.90 Å². The van der Waals surface area contributed by atoms with Gasteiger partial charge in [0.05, 0.1) is 12.3 Å². The lowest BCUT2D eigenvalue weighted by Crippen LogP contribution is -2.55. The summed E-state index contributed by atoms with van der Waals surface area (Å²) >= 11 is 0. The lowest BCUT2D eigenvalue weighted by molar-refractivity contribution is -0.133. The lowest BCUT2D eigenvalue weighted by Gasteiger charge is -2.34. The van der Waals surface area contributed by atoms with Crippen molar-refractivity contribution in [1.29, 1.82) is 0 Å². The van der Waals surface area contributed by atoms with Gasteiger partial charge in [0.1, 0.15) is 6.61 Å². The first-order valence-electron chi connectivity index (χ1n) is 10.8. The third-order valence-corrected chi connectivity index (χ3v) is 5.24. The average molecular weight is 469 g/mol. The molecule has 0 spiro atoms. The van der Waals surface area contributed by atoms with Crippen LogP contribution in [-0.2, 0) is 19.1 Å². The van der Waals surface area contributed by atoms with Crippen molar-refractivity contribution in [3.05, 3.63) is 18.2 Å². The zero-order valence-corrected chi connectivity index (χ0v) is 19.0. The molecule has 1 saturated carbocycles. The van der Waals surface area contributed by atoms with E-state index in [4.69, 9.17) is 10.5 Å². The third-order valence-electron chi connectivity index (χ3n) is 5.24. The fraction of sp³-hybridized carbons (Fsp3) is 0.591. The summed E-state index contributed by atoms with van der Waals surface area (Å²) in [5, 5.41) is 2.59. The van der Waals surface area contributed by atoms with E-state index in [9.17, 15) is 23.2 Å². The van der Waals surface area contributed by atoms with Gasteiger partial charge in [0, 0.05) is 30.9 Å². The summed E-state index contributed by atoms with van der Waals surface area (Å²) in [6.45, 7) is 3.60. The number of benzene rings is 1. The van der Waals surface area contributed by atoms with Gasteiger partial charge < -0.3 is 25.4 Å². The molecule has 0 bridgehead atoms. The molecule has 9 nitrogen and oxygen atoms in total. The number of halogens is 2. The van der Waals surface area contributed by atoms with E-state index in [1.54, 1.807) is 4.90 Å². The van der Waals surface area contributed by atoms with Gasteiger partial charge in [-0.1, -0.05) is 20.8 Å². The molecule has 2 fully saturated rings. The van der Waals surface area contributed by atoms with Crippen LogP contribution in [0.5, 0.6) is 5.75 Å². The standard InChI is InChI=1S/C22H30F2N4O5/c1-22(2,3)12-28(14-5-6-14)18(19(25)30)20(31)26-13-4-7-15(16(10-13)33-21(23)24)27-8-9-32-11-17(27)29/h4,7,10,14,18,21H,5-6,8-9,11-12H2,1-3H3,(H2,25,30)(H,26,31)/t18-/m0/s1. The van der Waals surface area contributed by atoms with Crippen molar-refractivity contribution in [3.63, 3.8) is 0 Å². The van der Waals surface area contributed by atoms with Crippen LogP contribution in [0.25, 0.3) is 0 Å². The van der Waals surface area contributed by atoms with Crippen LogP contribution >= 0.6 is 0 Å². The zero-order valence-electron chi connectivity index (χ0n) is 19.0. The second-order valence-corrected chi connectivity index (χ2v) is 9.42. The molecule has 3 amide bonds. The SMILES string of the molecule is CC(C)(C)CN(C1CC1)[C@@H](C(N)=O)C(=O)Nc1ccc(N2CCOCC2=O)c(OC(F)F)c1. The van der Waals surface area contributed by atoms with Gasteiger partial charge in [0.15, 0.2) is 11.8 Å². The van der Waals surface area contributed by atoms with Gasteiger partial charge in [0.2, 0.25) is 5.91 Å². The van der Waals surface area contributed by atoms with Crippen molar-refractivity contribution in [2.45, 2.75) is 52.3 Å². The molecule has 0 aromatic heterocycles. The summed E-state index contributed by atoms with van der Waals surface area (Å²) in [4.78, 5) is 40.5. The molecule has 1 saturated heterocycles. The Labute approximate surface area is 191 Å². The molecule has 1 atom stereocenters. The molecule has 2 aliphatic rings. The number of nitrogens with two attached hydrogens (primary N) is 1. The summed E-state index contributed by atoms with van der Waals surface area (Å²) < 4.78 is 35.8. The quantitative estimate of drug-likeness (QED) is 0.536. The van der Waals surface area contributed by atoms with Crippen molar-refractivity contribution in [3.8, 4) is 5.75 Å². The molecule has 1 heterocycles. The largest absolute Gasteiger partial charge is 0.433 e. The van der Waals surface area contributed by atoms with Crippen LogP contribution in [0.3, 0.4) is 0 Å². The number of rotatable bonds is 9. The highest BCUT2D eigenvalue weighted by Crippen LogP contribution is 2.35. The summed E-state index contributed by atoms with van der Waals surface area (Å²) in [6.07, 6.45) is 1.73. The predicted molar refractivity (Wildman–Crippen MR) is 117 cm³/mol. The van der Waals surface area contributed by atoms with Gasteiger partial charge in [0.25, 0.3) is 11.8 Å². The first-order valence-corrected chi connectivity index (χ1v) is 10.8. The number of nitrogens with one attached hydrogen (secondary N) is 1. The summed E-state index contributed by atoms with van der Waals surface area (Å²) in [7, 11) is 0. The highest BCUT2D eigenvalue weighted by molar-refractivity contribution is 6.10. The van der Waals surface area contributed by atoms with Gasteiger partial charge in [-0.3, -0.25) is 19.3 Å². The summed E-state index contributed by atoms with van der Waals surface area (Å²) in [5.41, 5.74) is 5.68. The Morgan fingerprint density at radius 3 is 2.58 bits per heavy atom. The number of hydrogen-bond donors (Lipinski definition) is 2. The van der Waals surface area contributed by atoms with E-state index < -0.39 is 30.4 Å². The minimum Gasteiger partial charge on any atom is -0.433 e. The van der Waals surface area contributed by atoms with Crippen LogP contribution in [0, 0.1) is 5.41 Å². The number of carbonyl (C=O) groups excluding carboxylic acids is 3. The fourth-order valence-corrected chi connectivity index (χ4v) is 3.82. The molecule has 11 heteroatoms. The van der Waals surface area contributed by atoms with Crippen LogP contribution in [0.4, 0.5) is 20.2 Å². The first kappa shape index (κ1) is 24.8. The lowest BCUT2D eigenvalue weighted by atomic mass is 9.94. The molecule has 182 valence electrons. The predicted octanol–water partition coefficient (Wildman–Crippen LogP) is 1.95. The highest BCUT2D eigenvalue weighted by atomic mass is 19.3. The van der Waals surface area contributed by atoms with E-state index in [0.29, 0.717) is 6.54 Å². The molecule has 3 N–H and O–H groups in total. The smallest absolute Gasteiger partial charge is 0.387 e. The molecule has 1 aromatic rings. The number of anilines is 2. The number of morpholine rings is 1. The van der Waals surface area contributed by atoms with Crippen molar-refractivity contribution < 1.29 is 32.6 Å². The Morgan fingerprint density at radius 2 is 2.03 bits per heavy atom. The van der Waals surface area contributed by atoms with Gasteiger partial charge in [-0.25, -0.2) is 0 Å². The molecule has 0 radical (unpaired) electrons. The Balaban J connectivity index is 1.85. The van der Waals surface area contributed by atoms with Crippen molar-refractivity contribution in [2.75, 3.05) is 36.5 Å². The highest BCUT2D eigenvalue weighted by Gasteiger charge is 2.42. The molecule has 1 aromatic carbocycles. The molecule has 0 unspecified atom stereocenters. The van der Waals surface area contributed by atoms with Gasteiger partial charge >= 0.3 is 6.61 Å². The maximum Gasteiger partial charge on any atom is 0.387 e. The van der Waals surface area contributed by atoms with E-state index in [1.807, 2.05) is 20.8 Å². The Bertz CT molecular complexity index is 901. The molecular formula is C22H30F2N4O5. The van der Waals surface area contributed by atoms with Crippen molar-refractivity contribution in [2.24, 2.45) is 11.1 Å². The average Bonchev–Trinajstić information content (AvgIpc) is 3.52. The first-order chi connectivity index (χ1) is 15.5. The van der Waals surface area contributed by atoms with E-state index in [2.05, 4.69) is 10.1 Å². The van der Waals surface area contributed by atoms with Gasteiger partial charge in [-0.2, -0.15) is 8.78 Å². The Morgan fingerprint density at radius 1 is 1.33 bits per heavy atom. The molecule has 1 aliphatic heterocycles. The van der Waals surface area contributed by atoms with Crippen LogP contribution in [0.15, 0.2) is 18.2 Å². The van der Waals surface area contributed by atoms with Crippen LogP contribution in [0.1, 0.15) is 33.6 Å². The maximum atomic E-state index is 13.1. The number of nitrogens with zero attached hydrogens (tertiary/aromatic N) is 2. The number of amides is 3. The monoisotopic (exact) mass is 468 g/mol. The fourth-order valence-electron chi connectivity index (χ4n) is 3.82. The van der Waals surface area contributed by atoms with Gasteiger partial charge in [-0.15, -0.1) is 0 Å². The van der Waals surface area contributed by atoms with E-state index in [0.717, 1.165) is 12.8 Å². The van der Waals surface area contributed by atoms with Crippen LogP contribution in [0.2, 0.25) is 0 Å². The second-order valence-electron chi connectivity index (χ2n) is 9.42. The van der Waals surface area contributed by atoms with Crippen LogP contribution in [-0.4, -0.2) is 67.6 Å². The van der Waals surface area contributed by atoms with E-state index >= 15 is 0 Å². The number of primary amides is 1. The van der Waals surface area contributed by atoms with Crippen molar-refractivity contribution >= 4 is 29.1 Å². The normalized spacial score (nSPS) is 17.9. The molecule has 33 heavy (non-hydrogen) atoms. The minimum atomic E-state index is -3.14. The second kappa shape index (κ2) is 10.0. The molecule has 1 aliphatic carbocycles.